The molecule has 3 aromatic rings. The number of carbonyl (C=O) groups excluding carboxylic acids is 1. The van der Waals surface area contributed by atoms with Crippen molar-refractivity contribution < 1.29 is 9.53 Å². The van der Waals surface area contributed by atoms with E-state index in [1.54, 1.807) is 23.7 Å². The monoisotopic (exact) mass is 331 g/mol. The van der Waals surface area contributed by atoms with Gasteiger partial charge in [0.2, 0.25) is 0 Å². The fourth-order valence-corrected chi connectivity index (χ4v) is 2.82. The Labute approximate surface area is 137 Å². The lowest BCUT2D eigenvalue weighted by atomic mass is 9.98. The number of hydrogen-bond donors (Lipinski definition) is 0. The van der Waals surface area contributed by atoms with Gasteiger partial charge in [0, 0.05) is 17.7 Å². The van der Waals surface area contributed by atoms with Gasteiger partial charge in [-0.2, -0.15) is 5.10 Å². The predicted octanol–water partition coefficient (Wildman–Crippen LogP) is 2.54. The molecular weight excluding hydrogens is 314 g/mol. The molecule has 0 radical (unpaired) electrons. The van der Waals surface area contributed by atoms with E-state index >= 15 is 0 Å². The van der Waals surface area contributed by atoms with Crippen LogP contribution in [0.25, 0.3) is 5.65 Å². The number of fused-ring (bicyclic) bond motifs is 1. The van der Waals surface area contributed by atoms with E-state index in [0.29, 0.717) is 21.9 Å². The van der Waals surface area contributed by atoms with Gasteiger partial charge >= 0.3 is 5.97 Å². The highest BCUT2D eigenvalue weighted by Gasteiger charge is 2.20. The van der Waals surface area contributed by atoms with E-state index in [1.165, 1.54) is 17.5 Å². The van der Waals surface area contributed by atoms with Crippen LogP contribution in [0.5, 0.6) is 0 Å². The van der Waals surface area contributed by atoms with Crippen molar-refractivity contribution in [3.05, 3.63) is 39.7 Å². The quantitative estimate of drug-likeness (QED) is 0.686. The van der Waals surface area contributed by atoms with Crippen LogP contribution >= 0.6 is 11.3 Å². The Balaban J connectivity index is 1.73. The number of carbonyl (C=O) groups is 1. The molecule has 0 saturated heterocycles. The maximum absolute atomic E-state index is 12.3. The molecule has 0 N–H and O–H groups in total. The molecule has 0 aliphatic rings. The van der Waals surface area contributed by atoms with Crippen molar-refractivity contribution in [3.8, 4) is 0 Å². The van der Waals surface area contributed by atoms with E-state index < -0.39 is 5.97 Å². The maximum Gasteiger partial charge on any atom is 0.341 e. The minimum atomic E-state index is -0.445. The molecule has 0 bridgehead atoms. The highest BCUT2D eigenvalue weighted by molar-refractivity contribution is 7.11. The molecule has 0 atom stereocenters. The normalized spacial score (nSPS) is 11.8. The van der Waals surface area contributed by atoms with E-state index in [1.807, 2.05) is 0 Å². The fourth-order valence-electron chi connectivity index (χ4n) is 2.01. The molecule has 0 saturated carbocycles. The smallest absolute Gasteiger partial charge is 0.341 e. The molecule has 7 nitrogen and oxygen atoms in total. The van der Waals surface area contributed by atoms with Crippen LogP contribution in [0.3, 0.4) is 0 Å². The highest BCUT2D eigenvalue weighted by Crippen LogP contribution is 2.25. The first kappa shape index (κ1) is 15.5. The van der Waals surface area contributed by atoms with E-state index in [2.05, 4.69) is 41.1 Å². The second-order valence-electron chi connectivity index (χ2n) is 6.19. The van der Waals surface area contributed by atoms with Crippen LogP contribution in [0.15, 0.2) is 18.5 Å². The van der Waals surface area contributed by atoms with Gasteiger partial charge in [-0.1, -0.05) is 32.1 Å². The van der Waals surface area contributed by atoms with Crippen LogP contribution in [-0.2, 0) is 16.8 Å². The van der Waals surface area contributed by atoms with Crippen LogP contribution in [0.1, 0.15) is 46.8 Å². The number of rotatable bonds is 3. The van der Waals surface area contributed by atoms with Gasteiger partial charge in [0.05, 0.1) is 17.5 Å². The largest absolute Gasteiger partial charge is 0.455 e. The summed E-state index contributed by atoms with van der Waals surface area (Å²) in [5.41, 5.74) is 1.71. The Hall–Kier alpha value is -2.35. The Morgan fingerprint density at radius 1 is 1.35 bits per heavy atom. The van der Waals surface area contributed by atoms with Crippen molar-refractivity contribution in [1.82, 2.24) is 24.8 Å². The van der Waals surface area contributed by atoms with Gasteiger partial charge in [0.25, 0.3) is 0 Å². The van der Waals surface area contributed by atoms with E-state index in [9.17, 15) is 4.79 Å². The van der Waals surface area contributed by atoms with Gasteiger partial charge < -0.3 is 4.74 Å². The van der Waals surface area contributed by atoms with Crippen molar-refractivity contribution in [1.29, 1.82) is 0 Å². The summed E-state index contributed by atoms with van der Waals surface area (Å²) < 4.78 is 6.94. The first-order valence-electron chi connectivity index (χ1n) is 7.15. The molecule has 3 rings (SSSR count). The van der Waals surface area contributed by atoms with E-state index in [4.69, 9.17) is 4.74 Å². The molecule has 3 aromatic heterocycles. The van der Waals surface area contributed by atoms with Gasteiger partial charge in [-0.15, -0.1) is 10.2 Å². The van der Waals surface area contributed by atoms with Crippen molar-refractivity contribution in [2.75, 3.05) is 0 Å². The van der Waals surface area contributed by atoms with Crippen LogP contribution < -0.4 is 0 Å². The summed E-state index contributed by atoms with van der Waals surface area (Å²) >= 11 is 1.45. The fraction of sp³-hybridized carbons (Fsp3) is 0.400. The van der Waals surface area contributed by atoms with Crippen molar-refractivity contribution >= 4 is 23.0 Å². The maximum atomic E-state index is 12.3. The summed E-state index contributed by atoms with van der Waals surface area (Å²) in [5, 5.41) is 13.9. The van der Waals surface area contributed by atoms with Crippen LogP contribution in [0, 0.1) is 6.92 Å². The van der Waals surface area contributed by atoms with Gasteiger partial charge in [0.1, 0.15) is 11.6 Å². The molecule has 23 heavy (non-hydrogen) atoms. The molecule has 0 unspecified atom stereocenters. The summed E-state index contributed by atoms with van der Waals surface area (Å²) in [6.07, 6.45) is 3.15. The molecule has 0 aromatic carbocycles. The second-order valence-corrected chi connectivity index (χ2v) is 7.25. The Kier molecular flexibility index (Phi) is 3.85. The molecule has 120 valence electrons. The third-order valence-electron chi connectivity index (χ3n) is 3.31. The van der Waals surface area contributed by atoms with Gasteiger partial charge in [-0.25, -0.2) is 14.3 Å². The first-order valence-corrected chi connectivity index (χ1v) is 7.97. The van der Waals surface area contributed by atoms with Crippen molar-refractivity contribution in [3.63, 3.8) is 0 Å². The number of aromatic nitrogens is 5. The number of nitrogens with zero attached hydrogens (tertiary/aromatic N) is 5. The van der Waals surface area contributed by atoms with Crippen LogP contribution in [0.4, 0.5) is 0 Å². The zero-order valence-corrected chi connectivity index (χ0v) is 14.2. The van der Waals surface area contributed by atoms with Gasteiger partial charge in [-0.05, 0) is 6.92 Å². The lowest BCUT2D eigenvalue weighted by Gasteiger charge is -2.12. The average molecular weight is 331 g/mol. The standard InChI is InChI=1S/C15H17N5O2S/c1-9-10(7-16-11-5-6-17-20(9)11)13(21)22-8-12-18-19-14(23-12)15(2,3)4/h5-7H,8H2,1-4H3. The first-order chi connectivity index (χ1) is 10.9. The van der Waals surface area contributed by atoms with Gasteiger partial charge in [0.15, 0.2) is 10.7 Å². The van der Waals surface area contributed by atoms with E-state index in [0.717, 1.165) is 5.01 Å². The predicted molar refractivity (Wildman–Crippen MR) is 85.5 cm³/mol. The summed E-state index contributed by atoms with van der Waals surface area (Å²) in [5.74, 6) is -0.445. The van der Waals surface area contributed by atoms with E-state index in [-0.39, 0.29) is 12.0 Å². The topological polar surface area (TPSA) is 82.3 Å². The second kappa shape index (κ2) is 5.69. The summed E-state index contributed by atoms with van der Waals surface area (Å²) in [7, 11) is 0. The summed E-state index contributed by atoms with van der Waals surface area (Å²) in [4.78, 5) is 16.4. The third kappa shape index (κ3) is 3.07. The molecule has 8 heteroatoms. The summed E-state index contributed by atoms with van der Waals surface area (Å²) in [6.45, 7) is 8.11. The lowest BCUT2D eigenvalue weighted by Crippen LogP contribution is -2.11. The number of esters is 1. The molecule has 0 fully saturated rings. The number of aryl methyl sites for hydroxylation is 1. The molecule has 0 aliphatic carbocycles. The molecule has 3 heterocycles. The number of hydrogen-bond acceptors (Lipinski definition) is 7. The summed E-state index contributed by atoms with van der Waals surface area (Å²) in [6, 6.07) is 1.78. The van der Waals surface area contributed by atoms with Crippen LogP contribution in [0.2, 0.25) is 0 Å². The molecule has 0 amide bonds. The van der Waals surface area contributed by atoms with Crippen molar-refractivity contribution in [2.24, 2.45) is 0 Å². The minimum absolute atomic E-state index is 0.0639. The van der Waals surface area contributed by atoms with Crippen molar-refractivity contribution in [2.45, 2.75) is 39.7 Å². The highest BCUT2D eigenvalue weighted by atomic mass is 32.1. The Bertz CT molecular complexity index is 862. The molecular formula is C15H17N5O2S. The SMILES string of the molecule is Cc1c(C(=O)OCc2nnc(C(C)(C)C)s2)cnc2ccnn12. The number of ether oxygens (including phenoxy) is 1. The molecule has 0 aliphatic heterocycles. The zero-order chi connectivity index (χ0) is 16.6. The van der Waals surface area contributed by atoms with Gasteiger partial charge in [-0.3, -0.25) is 0 Å². The molecule has 0 spiro atoms. The zero-order valence-electron chi connectivity index (χ0n) is 13.4. The average Bonchev–Trinajstić information content (AvgIpc) is 3.14. The lowest BCUT2D eigenvalue weighted by molar-refractivity contribution is 0.0469. The van der Waals surface area contributed by atoms with Crippen LogP contribution in [-0.4, -0.2) is 30.8 Å². The minimum Gasteiger partial charge on any atom is -0.455 e. The Morgan fingerprint density at radius 2 is 2.13 bits per heavy atom. The third-order valence-corrected chi connectivity index (χ3v) is 4.63. The Morgan fingerprint density at radius 3 is 2.83 bits per heavy atom.